The smallest absolute Gasteiger partial charge is 0.311 e. The Morgan fingerprint density at radius 1 is 1.31 bits per heavy atom. The summed E-state index contributed by atoms with van der Waals surface area (Å²) in [6.45, 7) is 2.06. The molecule has 1 aliphatic rings. The van der Waals surface area contributed by atoms with Crippen molar-refractivity contribution >= 4 is 66.3 Å². The molecule has 29 heavy (non-hydrogen) atoms. The molecule has 0 bridgehead atoms. The number of nitrogens with one attached hydrogen (secondary N) is 1. The summed E-state index contributed by atoms with van der Waals surface area (Å²) < 4.78 is 5.72. The Bertz CT molecular complexity index is 1250. The van der Waals surface area contributed by atoms with E-state index in [0.717, 1.165) is 15.8 Å². The van der Waals surface area contributed by atoms with Crippen molar-refractivity contribution in [2.24, 2.45) is 4.99 Å². The Morgan fingerprint density at radius 2 is 2.14 bits per heavy atom. The Balaban J connectivity index is 1.61. The molecular weight excluding hydrogens is 480 g/mol. The minimum atomic E-state index is -0.422. The molecule has 2 N–H and O–H groups in total. The summed E-state index contributed by atoms with van der Waals surface area (Å²) in [4.78, 5) is 36.7. The molecule has 2 aromatic heterocycles. The lowest BCUT2D eigenvalue weighted by atomic mass is 10.1. The number of hydrogen-bond acceptors (Lipinski definition) is 9. The predicted octanol–water partition coefficient (Wildman–Crippen LogP) is 2.28. The van der Waals surface area contributed by atoms with E-state index in [0.29, 0.717) is 43.6 Å². The van der Waals surface area contributed by atoms with E-state index >= 15 is 0 Å². The number of aromatic hydroxyl groups is 1. The van der Waals surface area contributed by atoms with Crippen LogP contribution in [-0.4, -0.2) is 33.6 Å². The monoisotopic (exact) mass is 492 g/mol. The van der Waals surface area contributed by atoms with Gasteiger partial charge >= 0.3 is 5.97 Å². The first-order valence-electron chi connectivity index (χ1n) is 8.44. The summed E-state index contributed by atoms with van der Waals surface area (Å²) in [7, 11) is 0. The van der Waals surface area contributed by atoms with Crippen LogP contribution in [0.5, 0.6) is 5.88 Å². The summed E-state index contributed by atoms with van der Waals surface area (Å²) in [5.74, 6) is -1.02. The van der Waals surface area contributed by atoms with Crippen molar-refractivity contribution in [2.75, 3.05) is 11.9 Å². The number of ether oxygens (including phenoxy) is 1. The average molecular weight is 493 g/mol. The van der Waals surface area contributed by atoms with Crippen LogP contribution >= 0.6 is 38.6 Å². The zero-order chi connectivity index (χ0) is 20.5. The molecule has 0 unspecified atom stereocenters. The third-order valence-electron chi connectivity index (χ3n) is 3.90. The number of aromatic nitrogens is 2. The van der Waals surface area contributed by atoms with Crippen LogP contribution in [0.3, 0.4) is 0 Å². The maximum absolute atomic E-state index is 12.4. The topological polar surface area (TPSA) is 114 Å². The van der Waals surface area contributed by atoms with Gasteiger partial charge in [-0.05, 0) is 25.1 Å². The van der Waals surface area contributed by atoms with Crippen molar-refractivity contribution in [3.05, 3.63) is 49.2 Å². The number of rotatable bonds is 6. The molecule has 0 saturated carbocycles. The Labute approximate surface area is 180 Å². The van der Waals surface area contributed by atoms with Crippen molar-refractivity contribution in [3.8, 4) is 5.88 Å². The highest BCUT2D eigenvalue weighted by atomic mass is 79.9. The normalized spacial score (nSPS) is 12.6. The number of carbonyl (C=O) groups is 2. The second-order valence-corrected chi connectivity index (χ2v) is 8.65. The number of fused-ring (bicyclic) bond motifs is 1. The number of carbonyl (C=O) groups excluding carboxylic acids is 2. The van der Waals surface area contributed by atoms with Gasteiger partial charge in [-0.25, -0.2) is 9.98 Å². The highest BCUT2D eigenvalue weighted by Gasteiger charge is 2.25. The van der Waals surface area contributed by atoms with Gasteiger partial charge in [0.15, 0.2) is 10.3 Å². The molecule has 0 saturated heterocycles. The zero-order valence-electron chi connectivity index (χ0n) is 14.9. The van der Waals surface area contributed by atoms with Crippen molar-refractivity contribution in [1.29, 1.82) is 0 Å². The van der Waals surface area contributed by atoms with E-state index < -0.39 is 5.91 Å². The first kappa shape index (κ1) is 19.7. The lowest BCUT2D eigenvalue weighted by Gasteiger charge is -1.98. The minimum Gasteiger partial charge on any atom is -0.492 e. The van der Waals surface area contributed by atoms with Crippen LogP contribution in [0.2, 0.25) is 0 Å². The van der Waals surface area contributed by atoms with Gasteiger partial charge in [0, 0.05) is 15.1 Å². The van der Waals surface area contributed by atoms with Crippen LogP contribution in [0.4, 0.5) is 10.3 Å². The third-order valence-corrected chi connectivity index (χ3v) is 6.17. The fraction of sp³-hybridized carbons (Fsp3) is 0.167. The second kappa shape index (κ2) is 8.01. The van der Waals surface area contributed by atoms with Crippen LogP contribution in [0.1, 0.15) is 17.5 Å². The Morgan fingerprint density at radius 3 is 2.93 bits per heavy atom. The van der Waals surface area contributed by atoms with E-state index in [4.69, 9.17) is 4.74 Å². The molecule has 3 aromatic rings. The number of benzene rings is 1. The van der Waals surface area contributed by atoms with Crippen LogP contribution < -0.4 is 15.9 Å². The first-order valence-corrected chi connectivity index (χ1v) is 10.9. The lowest BCUT2D eigenvalue weighted by molar-refractivity contribution is -0.142. The van der Waals surface area contributed by atoms with Gasteiger partial charge in [-0.15, -0.1) is 11.3 Å². The highest BCUT2D eigenvalue weighted by Crippen LogP contribution is 2.35. The van der Waals surface area contributed by atoms with E-state index in [9.17, 15) is 14.7 Å². The molecule has 1 amide bonds. The second-order valence-electron chi connectivity index (χ2n) is 5.88. The molecule has 0 atom stereocenters. The number of esters is 1. The average Bonchev–Trinajstić information content (AvgIpc) is 3.32. The number of thiazole rings is 2. The van der Waals surface area contributed by atoms with Gasteiger partial charge in [0.25, 0.3) is 5.91 Å². The summed E-state index contributed by atoms with van der Waals surface area (Å²) in [6.07, 6.45) is 0.0833. The number of hydrogen-bond donors (Lipinski definition) is 2. The van der Waals surface area contributed by atoms with Crippen molar-refractivity contribution in [2.45, 2.75) is 13.3 Å². The summed E-state index contributed by atoms with van der Waals surface area (Å²) in [5.41, 5.74) is 0.890. The largest absolute Gasteiger partial charge is 0.492 e. The maximum atomic E-state index is 12.4. The van der Waals surface area contributed by atoms with Gasteiger partial charge < -0.3 is 15.2 Å². The molecule has 0 fully saturated rings. The summed E-state index contributed by atoms with van der Waals surface area (Å²) in [6, 6.07) is 5.32. The number of halogens is 1. The van der Waals surface area contributed by atoms with E-state index in [1.807, 2.05) is 0 Å². The lowest BCUT2D eigenvalue weighted by Crippen LogP contribution is -2.22. The van der Waals surface area contributed by atoms with Crippen molar-refractivity contribution < 1.29 is 19.4 Å². The zero-order valence-corrected chi connectivity index (χ0v) is 18.2. The molecule has 3 heterocycles. The van der Waals surface area contributed by atoms with Crippen LogP contribution in [-0.2, 0) is 20.7 Å². The van der Waals surface area contributed by atoms with Gasteiger partial charge in [0.1, 0.15) is 4.88 Å². The molecule has 1 aromatic carbocycles. The first-order chi connectivity index (χ1) is 13.9. The third kappa shape index (κ3) is 4.07. The summed E-state index contributed by atoms with van der Waals surface area (Å²) >= 11 is 5.81. The Hall–Kier alpha value is -2.63. The van der Waals surface area contributed by atoms with Crippen molar-refractivity contribution in [3.63, 3.8) is 0 Å². The molecule has 11 heteroatoms. The molecular formula is C18H13BrN4O4S2. The molecule has 0 aliphatic carbocycles. The summed E-state index contributed by atoms with van der Waals surface area (Å²) in [5, 5.41) is 17.2. The van der Waals surface area contributed by atoms with E-state index in [1.54, 1.807) is 30.5 Å². The van der Waals surface area contributed by atoms with Gasteiger partial charge in [-0.2, -0.15) is 4.98 Å². The van der Waals surface area contributed by atoms with E-state index in [-0.39, 0.29) is 18.3 Å². The van der Waals surface area contributed by atoms with E-state index in [2.05, 4.69) is 36.2 Å². The number of amides is 1. The molecule has 1 aliphatic heterocycles. The SMILES string of the molecule is CCOC(=O)Cc1csc(Nc2nc(O)c(C3=c4cc(Br)ccc4=NC3=O)s2)n1. The minimum absolute atomic E-state index is 0.0833. The molecule has 0 spiro atoms. The maximum Gasteiger partial charge on any atom is 0.311 e. The van der Waals surface area contributed by atoms with Crippen molar-refractivity contribution in [1.82, 2.24) is 9.97 Å². The van der Waals surface area contributed by atoms with Crippen LogP contribution in [0, 0.1) is 0 Å². The van der Waals surface area contributed by atoms with E-state index in [1.165, 1.54) is 11.3 Å². The van der Waals surface area contributed by atoms with Gasteiger partial charge in [-0.1, -0.05) is 27.3 Å². The highest BCUT2D eigenvalue weighted by molar-refractivity contribution is 9.10. The standard InChI is InChI=1S/C18H13BrN4O4S2/c1-2-27-12(24)6-9-7-28-17(20-9)23-18-22-16(26)14(29-18)13-10-5-8(19)3-4-11(10)21-15(13)25/h3-5,7,26H,2,6H2,1H3,(H,20,22,23). The molecule has 0 radical (unpaired) electrons. The van der Waals surface area contributed by atoms with Crippen LogP contribution in [0.25, 0.3) is 5.57 Å². The molecule has 148 valence electrons. The number of nitrogens with zero attached hydrogens (tertiary/aromatic N) is 3. The van der Waals surface area contributed by atoms with Gasteiger partial charge in [0.05, 0.1) is 29.7 Å². The fourth-order valence-electron chi connectivity index (χ4n) is 2.73. The quantitative estimate of drug-likeness (QED) is 0.507. The van der Waals surface area contributed by atoms with Crippen LogP contribution in [0.15, 0.2) is 33.0 Å². The molecule has 8 nitrogen and oxygen atoms in total. The van der Waals surface area contributed by atoms with Gasteiger partial charge in [0.2, 0.25) is 5.88 Å². The number of anilines is 2. The molecule has 4 rings (SSSR count). The Kier molecular flexibility index (Phi) is 5.43. The predicted molar refractivity (Wildman–Crippen MR) is 112 cm³/mol. The van der Waals surface area contributed by atoms with Gasteiger partial charge in [-0.3, -0.25) is 9.59 Å². The fourth-order valence-corrected chi connectivity index (χ4v) is 4.78.